The number of hydrogen-bond donors (Lipinski definition) is 0. The van der Waals surface area contributed by atoms with Crippen LogP contribution in [0.15, 0.2) is 132 Å². The van der Waals surface area contributed by atoms with Gasteiger partial charge in [0.25, 0.3) is 0 Å². The maximum absolute atomic E-state index is 8.97. The maximum Gasteiger partial charge on any atom is 3.00 e. The summed E-state index contributed by atoms with van der Waals surface area (Å²) in [6.07, 6.45) is 1.79. The Morgan fingerprint density at radius 1 is 0.732 bits per heavy atom. The second-order valence-electron chi connectivity index (χ2n) is 9.38. The molecular formula is C38H28IrNO. The predicted molar refractivity (Wildman–Crippen MR) is 164 cm³/mol. The van der Waals surface area contributed by atoms with E-state index in [9.17, 15) is 0 Å². The molecule has 41 heavy (non-hydrogen) atoms. The zero-order chi connectivity index (χ0) is 30.7. The van der Waals surface area contributed by atoms with Crippen molar-refractivity contribution in [1.29, 1.82) is 0 Å². The summed E-state index contributed by atoms with van der Waals surface area (Å²) in [7, 11) is 0. The van der Waals surface area contributed by atoms with Crippen molar-refractivity contribution in [3.63, 3.8) is 0 Å². The van der Waals surface area contributed by atoms with Gasteiger partial charge < -0.3 is 9.40 Å². The van der Waals surface area contributed by atoms with Crippen LogP contribution >= 0.6 is 0 Å². The number of benzene rings is 5. The average molecular weight is 711 g/mol. The van der Waals surface area contributed by atoms with Gasteiger partial charge in [0, 0.05) is 28.5 Å². The van der Waals surface area contributed by atoms with E-state index in [4.69, 9.17) is 9.90 Å². The minimum absolute atomic E-state index is 0. The van der Waals surface area contributed by atoms with Crippen LogP contribution in [-0.4, -0.2) is 4.98 Å². The van der Waals surface area contributed by atoms with E-state index in [-0.39, 0.29) is 25.7 Å². The van der Waals surface area contributed by atoms with E-state index in [1.165, 1.54) is 0 Å². The number of aryl methyl sites for hydroxylation is 1. The monoisotopic (exact) mass is 711 g/mol. The first-order valence-corrected chi connectivity index (χ1v) is 13.1. The normalized spacial score (nSPS) is 13.9. The Morgan fingerprint density at radius 2 is 1.54 bits per heavy atom. The zero-order valence-electron chi connectivity index (χ0n) is 26.3. The average Bonchev–Trinajstić information content (AvgIpc) is 3.44. The van der Waals surface area contributed by atoms with Gasteiger partial charge in [-0.05, 0) is 29.0 Å². The third-order valence-corrected chi connectivity index (χ3v) is 6.79. The van der Waals surface area contributed by atoms with Crippen LogP contribution in [0.25, 0.3) is 44.3 Å². The molecule has 2 heterocycles. The molecular weight excluding hydrogens is 679 g/mol. The molecule has 0 bridgehead atoms. The van der Waals surface area contributed by atoms with Crippen molar-refractivity contribution in [2.24, 2.45) is 0 Å². The Morgan fingerprint density at radius 3 is 2.32 bits per heavy atom. The minimum Gasteiger partial charge on any atom is -0.510 e. The van der Waals surface area contributed by atoms with Gasteiger partial charge in [-0.3, -0.25) is 0 Å². The minimum atomic E-state index is -2.20. The van der Waals surface area contributed by atoms with Gasteiger partial charge >= 0.3 is 20.1 Å². The number of rotatable bonds is 4. The van der Waals surface area contributed by atoms with E-state index < -0.39 is 12.7 Å². The van der Waals surface area contributed by atoms with Crippen LogP contribution in [0.1, 0.15) is 35.0 Å². The summed E-state index contributed by atoms with van der Waals surface area (Å²) in [5, 5.41) is 1.86. The quantitative estimate of drug-likeness (QED) is 0.170. The van der Waals surface area contributed by atoms with E-state index in [0.717, 1.165) is 33.2 Å². The molecule has 0 aliphatic heterocycles. The topological polar surface area (TPSA) is 26.0 Å². The number of fused-ring (bicyclic) bond motifs is 3. The fourth-order valence-electron chi connectivity index (χ4n) is 4.72. The van der Waals surface area contributed by atoms with Gasteiger partial charge in [-0.15, -0.1) is 53.6 Å². The molecule has 0 aliphatic carbocycles. The Bertz CT molecular complexity index is 1990. The van der Waals surface area contributed by atoms with E-state index in [2.05, 4.69) is 23.2 Å². The van der Waals surface area contributed by atoms with E-state index >= 15 is 0 Å². The van der Waals surface area contributed by atoms with Gasteiger partial charge in [-0.25, -0.2) is 5.56 Å². The zero-order valence-corrected chi connectivity index (χ0v) is 24.7. The van der Waals surface area contributed by atoms with Crippen molar-refractivity contribution in [3.8, 4) is 22.4 Å². The smallest absolute Gasteiger partial charge is 0.510 e. The van der Waals surface area contributed by atoms with Gasteiger partial charge in [0.05, 0.1) is 0 Å². The van der Waals surface area contributed by atoms with Gasteiger partial charge in [-0.2, -0.15) is 35.9 Å². The van der Waals surface area contributed by atoms with Crippen LogP contribution in [0.3, 0.4) is 0 Å². The van der Waals surface area contributed by atoms with E-state index in [0.29, 0.717) is 22.3 Å². The molecule has 0 radical (unpaired) electrons. The molecule has 0 N–H and O–H groups in total. The van der Waals surface area contributed by atoms with Crippen molar-refractivity contribution in [3.05, 3.63) is 162 Å². The van der Waals surface area contributed by atoms with Gasteiger partial charge in [-0.1, -0.05) is 73.8 Å². The Hall–Kier alpha value is -4.30. The maximum atomic E-state index is 8.97. The second-order valence-corrected chi connectivity index (χ2v) is 9.38. The molecule has 5 aromatic carbocycles. The fraction of sp³-hybridized carbons (Fsp3) is 0.0789. The van der Waals surface area contributed by atoms with Crippen LogP contribution in [0, 0.1) is 25.1 Å². The molecule has 0 saturated heterocycles. The van der Waals surface area contributed by atoms with E-state index in [1.54, 1.807) is 24.4 Å². The molecule has 7 rings (SSSR count). The first-order valence-electron chi connectivity index (χ1n) is 15.1. The van der Waals surface area contributed by atoms with Crippen LogP contribution in [-0.2, 0) is 20.1 Å². The SMILES string of the molecule is [2H]C([2H])([2H])c1cc[c-]c(-c2[c-]ccc3c2oc2cc(C([2H])(C)c4ccccc4)ccc23)c1.[Ir+3].[c-]1ccccc1-c1ccccn1. The number of hydrogen-bond acceptors (Lipinski definition) is 2. The third-order valence-electron chi connectivity index (χ3n) is 6.79. The molecule has 200 valence electrons. The summed E-state index contributed by atoms with van der Waals surface area (Å²) in [6.45, 7) is -0.322. The molecule has 7 aromatic rings. The van der Waals surface area contributed by atoms with Crippen LogP contribution in [0.2, 0.25) is 0 Å². The Kier molecular flexibility index (Phi) is 7.37. The van der Waals surface area contributed by atoms with Crippen LogP contribution in [0.4, 0.5) is 0 Å². The molecule has 0 aliphatic rings. The van der Waals surface area contributed by atoms with Gasteiger partial charge in [0.1, 0.15) is 5.58 Å². The van der Waals surface area contributed by atoms with Crippen LogP contribution < -0.4 is 0 Å². The summed E-state index contributed by atoms with van der Waals surface area (Å²) in [4.78, 5) is 4.22. The van der Waals surface area contributed by atoms with Crippen molar-refractivity contribution in [1.82, 2.24) is 4.98 Å². The van der Waals surface area contributed by atoms with Crippen molar-refractivity contribution in [2.45, 2.75) is 19.7 Å². The molecule has 1 atom stereocenters. The number of nitrogens with zero attached hydrogens (tertiary/aromatic N) is 1. The molecule has 0 spiro atoms. The second kappa shape index (κ2) is 12.9. The molecule has 0 saturated carbocycles. The van der Waals surface area contributed by atoms with Gasteiger partial charge in [0.2, 0.25) is 0 Å². The first-order chi connectivity index (χ1) is 21.2. The van der Waals surface area contributed by atoms with E-state index in [1.807, 2.05) is 110 Å². The molecule has 1 unspecified atom stereocenters. The van der Waals surface area contributed by atoms with Crippen molar-refractivity contribution < 1.29 is 30.0 Å². The van der Waals surface area contributed by atoms with Crippen molar-refractivity contribution in [2.75, 3.05) is 0 Å². The summed E-state index contributed by atoms with van der Waals surface area (Å²) in [6, 6.07) is 47.3. The van der Waals surface area contributed by atoms with Crippen LogP contribution in [0.5, 0.6) is 0 Å². The summed E-state index contributed by atoms with van der Waals surface area (Å²) < 4.78 is 38.3. The number of pyridine rings is 1. The van der Waals surface area contributed by atoms with Gasteiger partial charge in [0.15, 0.2) is 0 Å². The molecule has 2 nitrogen and oxygen atoms in total. The summed E-state index contributed by atoms with van der Waals surface area (Å²) in [5.41, 5.74) is 6.60. The third kappa shape index (κ3) is 6.23. The van der Waals surface area contributed by atoms with Crippen molar-refractivity contribution >= 4 is 21.9 Å². The Labute approximate surface area is 260 Å². The number of aromatic nitrogens is 1. The Balaban J connectivity index is 0.000000258. The fourth-order valence-corrected chi connectivity index (χ4v) is 4.72. The molecule has 2 aromatic heterocycles. The first kappa shape index (κ1) is 23.4. The number of furan rings is 1. The molecule has 0 fully saturated rings. The standard InChI is InChI=1S/C27H20O.C11H8N.Ir/c1-18-8-6-11-22(16-18)23-12-7-13-25-24-15-14-21(17-26(24)28-27(23)25)19(2)20-9-4-3-5-10-20;1-2-6-10(7-3-1)11-8-4-5-9-12-11;/h3-10,13-17,19H,1-2H3;1-6,8-9H;/q-2;-1;+3/i1D3,19D;;. The summed E-state index contributed by atoms with van der Waals surface area (Å²) in [5.74, 6) is -0.925. The predicted octanol–water partition coefficient (Wildman–Crippen LogP) is 9.86. The molecule has 3 heteroatoms. The molecule has 0 amide bonds. The largest absolute Gasteiger partial charge is 3.00 e. The summed E-state index contributed by atoms with van der Waals surface area (Å²) >= 11 is 0.